The molecule has 2 atom stereocenters. The third-order valence-corrected chi connectivity index (χ3v) is 4.10. The van der Waals surface area contributed by atoms with Crippen molar-refractivity contribution in [3.63, 3.8) is 0 Å². The van der Waals surface area contributed by atoms with Crippen LogP contribution in [0.5, 0.6) is 0 Å². The molecule has 0 radical (unpaired) electrons. The smallest absolute Gasteiger partial charge is 0.277 e. The lowest BCUT2D eigenvalue weighted by Gasteiger charge is -2.26. The fourth-order valence-corrected chi connectivity index (χ4v) is 3.26. The Kier molecular flexibility index (Phi) is 5.17. The third kappa shape index (κ3) is 5.25. The summed E-state index contributed by atoms with van der Waals surface area (Å²) in [4.78, 5) is 0. The Hall–Kier alpha value is -0.170. The van der Waals surface area contributed by atoms with E-state index >= 15 is 0 Å². The predicted molar refractivity (Wildman–Crippen MR) is 65.1 cm³/mol. The maximum absolute atomic E-state index is 11.5. The van der Waals surface area contributed by atoms with Gasteiger partial charge in [0, 0.05) is 18.6 Å². The van der Waals surface area contributed by atoms with Crippen LogP contribution in [0.2, 0.25) is 0 Å². The van der Waals surface area contributed by atoms with Gasteiger partial charge in [0.1, 0.15) is 0 Å². The molecule has 2 unspecified atom stereocenters. The van der Waals surface area contributed by atoms with E-state index in [1.54, 1.807) is 13.8 Å². The molecular formula is C10H23N3O2S. The summed E-state index contributed by atoms with van der Waals surface area (Å²) in [6.07, 6.45) is 4.15. The first-order chi connectivity index (χ1) is 7.39. The number of hydrogen-bond donors (Lipinski definition) is 3. The van der Waals surface area contributed by atoms with Crippen LogP contribution in [0.1, 0.15) is 39.5 Å². The van der Waals surface area contributed by atoms with Crippen molar-refractivity contribution < 1.29 is 8.42 Å². The molecule has 0 spiro atoms. The molecule has 0 amide bonds. The normalized spacial score (nSPS) is 27.2. The molecule has 1 fully saturated rings. The van der Waals surface area contributed by atoms with Gasteiger partial charge in [-0.05, 0) is 39.0 Å². The molecule has 1 aliphatic rings. The molecule has 0 aromatic rings. The molecule has 0 aromatic heterocycles. The Morgan fingerprint density at radius 3 is 2.62 bits per heavy atom. The SMILES string of the molecule is CC(C)NS(=O)(=O)NCC1CCCC(N)C1. The van der Waals surface area contributed by atoms with Gasteiger partial charge in [-0.15, -0.1) is 0 Å². The molecule has 0 saturated heterocycles. The van der Waals surface area contributed by atoms with Gasteiger partial charge in [-0.3, -0.25) is 0 Å². The summed E-state index contributed by atoms with van der Waals surface area (Å²) >= 11 is 0. The van der Waals surface area contributed by atoms with E-state index in [4.69, 9.17) is 5.73 Å². The number of hydrogen-bond acceptors (Lipinski definition) is 3. The summed E-state index contributed by atoms with van der Waals surface area (Å²) in [5, 5.41) is 0. The second-order valence-corrected chi connectivity index (χ2v) is 6.45. The van der Waals surface area contributed by atoms with Gasteiger partial charge in [0.15, 0.2) is 0 Å². The zero-order valence-corrected chi connectivity index (χ0v) is 10.9. The number of nitrogens with one attached hydrogen (secondary N) is 2. The molecule has 96 valence electrons. The summed E-state index contributed by atoms with van der Waals surface area (Å²) in [6, 6.07) is 0.160. The van der Waals surface area contributed by atoms with Crippen molar-refractivity contribution in [2.24, 2.45) is 11.7 Å². The van der Waals surface area contributed by atoms with Crippen LogP contribution in [-0.4, -0.2) is 27.0 Å². The van der Waals surface area contributed by atoms with Gasteiger partial charge in [-0.25, -0.2) is 4.72 Å². The zero-order valence-electron chi connectivity index (χ0n) is 10.1. The zero-order chi connectivity index (χ0) is 12.2. The number of rotatable bonds is 5. The molecule has 1 rings (SSSR count). The van der Waals surface area contributed by atoms with Crippen molar-refractivity contribution in [3.8, 4) is 0 Å². The molecule has 0 aromatic carbocycles. The Labute approximate surface area is 98.4 Å². The van der Waals surface area contributed by atoms with Crippen LogP contribution < -0.4 is 15.2 Å². The summed E-state index contributed by atoms with van der Waals surface area (Å²) in [5.74, 6) is 0.382. The molecule has 0 aliphatic heterocycles. The van der Waals surface area contributed by atoms with Gasteiger partial charge in [0.2, 0.25) is 0 Å². The van der Waals surface area contributed by atoms with E-state index in [1.807, 2.05) is 0 Å². The van der Waals surface area contributed by atoms with Crippen LogP contribution >= 0.6 is 0 Å². The van der Waals surface area contributed by atoms with E-state index in [-0.39, 0.29) is 12.1 Å². The molecule has 0 bridgehead atoms. The average Bonchev–Trinajstić information content (AvgIpc) is 2.13. The first kappa shape index (κ1) is 13.9. The second kappa shape index (κ2) is 5.95. The lowest BCUT2D eigenvalue weighted by molar-refractivity contribution is 0.321. The summed E-state index contributed by atoms with van der Waals surface area (Å²) in [6.45, 7) is 4.10. The minimum Gasteiger partial charge on any atom is -0.328 e. The lowest BCUT2D eigenvalue weighted by atomic mass is 9.86. The minimum absolute atomic E-state index is 0.0777. The van der Waals surface area contributed by atoms with Crippen LogP contribution in [-0.2, 0) is 10.2 Å². The van der Waals surface area contributed by atoms with Gasteiger partial charge in [-0.1, -0.05) is 6.42 Å². The van der Waals surface area contributed by atoms with Crippen molar-refractivity contribution in [1.82, 2.24) is 9.44 Å². The Morgan fingerprint density at radius 2 is 2.06 bits per heavy atom. The predicted octanol–water partition coefficient (Wildman–Crippen LogP) is 0.336. The van der Waals surface area contributed by atoms with Crippen LogP contribution in [0.4, 0.5) is 0 Å². The minimum atomic E-state index is -3.34. The van der Waals surface area contributed by atoms with Crippen molar-refractivity contribution >= 4 is 10.2 Å². The Bertz CT molecular complexity index is 303. The van der Waals surface area contributed by atoms with Gasteiger partial charge < -0.3 is 5.73 Å². The quantitative estimate of drug-likeness (QED) is 0.657. The Morgan fingerprint density at radius 1 is 1.38 bits per heavy atom. The summed E-state index contributed by atoms with van der Waals surface area (Å²) in [5.41, 5.74) is 5.85. The van der Waals surface area contributed by atoms with E-state index < -0.39 is 10.2 Å². The maximum Gasteiger partial charge on any atom is 0.277 e. The van der Waals surface area contributed by atoms with Gasteiger partial charge >= 0.3 is 0 Å². The fourth-order valence-electron chi connectivity index (χ4n) is 2.10. The van der Waals surface area contributed by atoms with Gasteiger partial charge in [0.25, 0.3) is 10.2 Å². The monoisotopic (exact) mass is 249 g/mol. The summed E-state index contributed by atoms with van der Waals surface area (Å²) < 4.78 is 28.1. The second-order valence-electron chi connectivity index (χ2n) is 4.92. The highest BCUT2D eigenvalue weighted by Crippen LogP contribution is 2.22. The highest BCUT2D eigenvalue weighted by atomic mass is 32.2. The van der Waals surface area contributed by atoms with Crippen molar-refractivity contribution in [2.75, 3.05) is 6.54 Å². The van der Waals surface area contributed by atoms with E-state index in [1.165, 1.54) is 0 Å². The highest BCUT2D eigenvalue weighted by molar-refractivity contribution is 7.87. The molecular weight excluding hydrogens is 226 g/mol. The third-order valence-electron chi connectivity index (χ3n) is 2.78. The molecule has 6 heteroatoms. The van der Waals surface area contributed by atoms with Crippen molar-refractivity contribution in [3.05, 3.63) is 0 Å². The largest absolute Gasteiger partial charge is 0.328 e. The van der Waals surface area contributed by atoms with Crippen LogP contribution in [0.15, 0.2) is 0 Å². The van der Waals surface area contributed by atoms with E-state index in [2.05, 4.69) is 9.44 Å². The molecule has 16 heavy (non-hydrogen) atoms. The lowest BCUT2D eigenvalue weighted by Crippen LogP contribution is -2.43. The molecule has 4 N–H and O–H groups in total. The van der Waals surface area contributed by atoms with Crippen molar-refractivity contribution in [1.29, 1.82) is 0 Å². The number of nitrogens with two attached hydrogens (primary N) is 1. The van der Waals surface area contributed by atoms with Crippen LogP contribution in [0, 0.1) is 5.92 Å². The van der Waals surface area contributed by atoms with E-state index in [9.17, 15) is 8.42 Å². The first-order valence-electron chi connectivity index (χ1n) is 5.91. The molecule has 5 nitrogen and oxygen atoms in total. The molecule has 1 saturated carbocycles. The average molecular weight is 249 g/mol. The van der Waals surface area contributed by atoms with Gasteiger partial charge in [-0.2, -0.15) is 13.1 Å². The molecule has 1 aliphatic carbocycles. The van der Waals surface area contributed by atoms with Crippen LogP contribution in [0.3, 0.4) is 0 Å². The highest BCUT2D eigenvalue weighted by Gasteiger charge is 2.21. The topological polar surface area (TPSA) is 84.2 Å². The fraction of sp³-hybridized carbons (Fsp3) is 1.00. The van der Waals surface area contributed by atoms with E-state index in [0.717, 1.165) is 25.7 Å². The first-order valence-corrected chi connectivity index (χ1v) is 7.40. The standard InChI is InChI=1S/C10H23N3O2S/c1-8(2)13-16(14,15)12-7-9-4-3-5-10(11)6-9/h8-10,12-13H,3-7,11H2,1-2H3. The van der Waals surface area contributed by atoms with Crippen molar-refractivity contribution in [2.45, 2.75) is 51.6 Å². The van der Waals surface area contributed by atoms with E-state index in [0.29, 0.717) is 12.5 Å². The summed E-state index contributed by atoms with van der Waals surface area (Å²) in [7, 11) is -3.34. The maximum atomic E-state index is 11.5. The van der Waals surface area contributed by atoms with Gasteiger partial charge in [0.05, 0.1) is 0 Å². The van der Waals surface area contributed by atoms with Crippen LogP contribution in [0.25, 0.3) is 0 Å². The molecule has 0 heterocycles. The Balaban J connectivity index is 2.33.